The van der Waals surface area contributed by atoms with Crippen LogP contribution in [0.2, 0.25) is 5.02 Å². The summed E-state index contributed by atoms with van der Waals surface area (Å²) in [6, 6.07) is 9.80. The largest absolute Gasteiger partial charge is 0.339 e. The van der Waals surface area contributed by atoms with Crippen LogP contribution in [0.1, 0.15) is 24.7 Å². The van der Waals surface area contributed by atoms with Gasteiger partial charge in [0.2, 0.25) is 21.7 Å². The van der Waals surface area contributed by atoms with Crippen LogP contribution in [0, 0.1) is 0 Å². The van der Waals surface area contributed by atoms with Gasteiger partial charge in [-0.15, -0.1) is 0 Å². The van der Waals surface area contributed by atoms with Crippen LogP contribution in [0.25, 0.3) is 11.4 Å². The van der Waals surface area contributed by atoms with Crippen molar-refractivity contribution in [2.24, 2.45) is 0 Å². The Balaban J connectivity index is 1.55. The van der Waals surface area contributed by atoms with Gasteiger partial charge in [0, 0.05) is 36.1 Å². The standard InChI is InChI=1S/C18H17ClN4O3S/c19-15-3-5-16(6-4-15)27(24,25)23-11-1-2-14(12-23)18-21-17(22-26-18)13-7-9-20-10-8-13/h3-10,14H,1-2,11-12H2. The Labute approximate surface area is 162 Å². The molecule has 0 spiro atoms. The van der Waals surface area contributed by atoms with Crippen LogP contribution in [-0.2, 0) is 10.0 Å². The molecule has 0 amide bonds. The monoisotopic (exact) mass is 404 g/mol. The lowest BCUT2D eigenvalue weighted by molar-refractivity contribution is 0.265. The first-order valence-corrected chi connectivity index (χ1v) is 10.4. The summed E-state index contributed by atoms with van der Waals surface area (Å²) in [5, 5.41) is 4.52. The summed E-state index contributed by atoms with van der Waals surface area (Å²) in [5.74, 6) is 0.798. The number of hydrogen-bond acceptors (Lipinski definition) is 6. The molecule has 0 saturated carbocycles. The lowest BCUT2D eigenvalue weighted by atomic mass is 10.00. The number of halogens is 1. The van der Waals surface area contributed by atoms with Gasteiger partial charge in [0.05, 0.1) is 10.8 Å². The van der Waals surface area contributed by atoms with Gasteiger partial charge in [-0.25, -0.2) is 8.42 Å². The van der Waals surface area contributed by atoms with Crippen molar-refractivity contribution in [3.05, 3.63) is 59.7 Å². The molecule has 0 aliphatic carbocycles. The number of hydrogen-bond donors (Lipinski definition) is 0. The smallest absolute Gasteiger partial charge is 0.243 e. The molecule has 3 aromatic rings. The molecular weight excluding hydrogens is 388 g/mol. The fourth-order valence-electron chi connectivity index (χ4n) is 3.14. The Bertz CT molecular complexity index is 1020. The van der Waals surface area contributed by atoms with Crippen molar-refractivity contribution in [3.63, 3.8) is 0 Å². The molecule has 0 N–H and O–H groups in total. The van der Waals surface area contributed by atoms with E-state index >= 15 is 0 Å². The number of sulfonamides is 1. The van der Waals surface area contributed by atoms with Gasteiger partial charge >= 0.3 is 0 Å². The van der Waals surface area contributed by atoms with E-state index in [0.717, 1.165) is 18.4 Å². The van der Waals surface area contributed by atoms with E-state index in [4.69, 9.17) is 16.1 Å². The van der Waals surface area contributed by atoms with E-state index in [0.29, 0.717) is 29.8 Å². The number of rotatable bonds is 4. The van der Waals surface area contributed by atoms with E-state index in [1.165, 1.54) is 16.4 Å². The van der Waals surface area contributed by atoms with Crippen LogP contribution in [0.3, 0.4) is 0 Å². The van der Waals surface area contributed by atoms with Crippen molar-refractivity contribution < 1.29 is 12.9 Å². The van der Waals surface area contributed by atoms with E-state index in [1.807, 2.05) is 0 Å². The zero-order valence-corrected chi connectivity index (χ0v) is 15.9. The molecule has 1 atom stereocenters. The van der Waals surface area contributed by atoms with Gasteiger partial charge < -0.3 is 4.52 Å². The highest BCUT2D eigenvalue weighted by molar-refractivity contribution is 7.89. The van der Waals surface area contributed by atoms with Gasteiger partial charge in [0.25, 0.3) is 0 Å². The average Bonchev–Trinajstić information content (AvgIpc) is 3.19. The number of nitrogens with zero attached hydrogens (tertiary/aromatic N) is 4. The highest BCUT2D eigenvalue weighted by Crippen LogP contribution is 2.30. The number of pyridine rings is 1. The molecule has 2 aromatic heterocycles. The Kier molecular flexibility index (Phi) is 4.94. The average molecular weight is 405 g/mol. The van der Waals surface area contributed by atoms with Crippen LogP contribution in [0.4, 0.5) is 0 Å². The van der Waals surface area contributed by atoms with Gasteiger partial charge in [-0.2, -0.15) is 9.29 Å². The highest BCUT2D eigenvalue weighted by atomic mass is 35.5. The molecule has 3 heterocycles. The van der Waals surface area contributed by atoms with Crippen molar-refractivity contribution in [1.82, 2.24) is 19.4 Å². The first-order valence-electron chi connectivity index (χ1n) is 8.54. The van der Waals surface area contributed by atoms with Crippen molar-refractivity contribution in [3.8, 4) is 11.4 Å². The lowest BCUT2D eigenvalue weighted by Gasteiger charge is -2.30. The molecule has 1 fully saturated rings. The third kappa shape index (κ3) is 3.73. The maximum atomic E-state index is 12.9. The van der Waals surface area contributed by atoms with Crippen LogP contribution >= 0.6 is 11.6 Å². The van der Waals surface area contributed by atoms with Gasteiger partial charge in [-0.1, -0.05) is 16.8 Å². The zero-order valence-electron chi connectivity index (χ0n) is 14.3. The summed E-state index contributed by atoms with van der Waals surface area (Å²) in [5.41, 5.74) is 0.807. The maximum Gasteiger partial charge on any atom is 0.243 e. The summed E-state index contributed by atoms with van der Waals surface area (Å²) in [6.07, 6.45) is 4.84. The summed E-state index contributed by atoms with van der Waals surface area (Å²) in [7, 11) is -3.59. The molecule has 1 aliphatic rings. The van der Waals surface area contributed by atoms with Gasteiger partial charge in [-0.05, 0) is 49.2 Å². The van der Waals surface area contributed by atoms with Crippen molar-refractivity contribution in [2.75, 3.05) is 13.1 Å². The first-order chi connectivity index (χ1) is 13.0. The van der Waals surface area contributed by atoms with Crippen LogP contribution in [0.15, 0.2) is 58.2 Å². The molecule has 1 unspecified atom stereocenters. The molecule has 27 heavy (non-hydrogen) atoms. The van der Waals surface area contributed by atoms with Crippen molar-refractivity contribution >= 4 is 21.6 Å². The highest BCUT2D eigenvalue weighted by Gasteiger charge is 2.33. The van der Waals surface area contributed by atoms with Crippen LogP contribution < -0.4 is 0 Å². The minimum atomic E-state index is -3.59. The summed E-state index contributed by atoms with van der Waals surface area (Å²) in [6.45, 7) is 0.774. The molecule has 4 rings (SSSR count). The number of benzene rings is 1. The Hall–Kier alpha value is -2.29. The molecule has 140 valence electrons. The van der Waals surface area contributed by atoms with Crippen molar-refractivity contribution in [1.29, 1.82) is 0 Å². The fourth-order valence-corrected chi connectivity index (χ4v) is 4.79. The minimum Gasteiger partial charge on any atom is -0.339 e. The second kappa shape index (κ2) is 7.38. The van der Waals surface area contributed by atoms with Crippen molar-refractivity contribution in [2.45, 2.75) is 23.7 Å². The predicted molar refractivity (Wildman–Crippen MR) is 99.7 cm³/mol. The Morgan fingerprint density at radius 2 is 1.85 bits per heavy atom. The van der Waals surface area contributed by atoms with E-state index in [-0.39, 0.29) is 10.8 Å². The predicted octanol–water partition coefficient (Wildman–Crippen LogP) is 3.35. The zero-order chi connectivity index (χ0) is 18.9. The summed E-state index contributed by atoms with van der Waals surface area (Å²) in [4.78, 5) is 8.66. The van der Waals surface area contributed by atoms with E-state index < -0.39 is 10.0 Å². The normalized spacial score (nSPS) is 18.5. The molecule has 9 heteroatoms. The number of aromatic nitrogens is 3. The fraction of sp³-hybridized carbons (Fsp3) is 0.278. The van der Waals surface area contributed by atoms with E-state index in [1.54, 1.807) is 36.7 Å². The van der Waals surface area contributed by atoms with Gasteiger partial charge in [0.1, 0.15) is 0 Å². The van der Waals surface area contributed by atoms with E-state index in [9.17, 15) is 8.42 Å². The first kappa shape index (κ1) is 18.1. The second-order valence-corrected chi connectivity index (χ2v) is 8.72. The molecule has 7 nitrogen and oxygen atoms in total. The third-order valence-electron chi connectivity index (χ3n) is 4.57. The molecule has 1 aromatic carbocycles. The Morgan fingerprint density at radius 1 is 1.11 bits per heavy atom. The molecular formula is C18H17ClN4O3S. The lowest BCUT2D eigenvalue weighted by Crippen LogP contribution is -2.39. The minimum absolute atomic E-state index is 0.135. The number of piperidine rings is 1. The molecule has 1 aliphatic heterocycles. The topological polar surface area (TPSA) is 89.2 Å². The van der Waals surface area contributed by atoms with Crippen LogP contribution in [0.5, 0.6) is 0 Å². The summed E-state index contributed by atoms with van der Waals surface area (Å²) >= 11 is 5.86. The SMILES string of the molecule is O=S(=O)(c1ccc(Cl)cc1)N1CCCC(c2nc(-c3ccncc3)no2)C1. The Morgan fingerprint density at radius 3 is 2.59 bits per heavy atom. The molecule has 1 saturated heterocycles. The van der Waals surface area contributed by atoms with Gasteiger partial charge in [0.15, 0.2) is 0 Å². The summed E-state index contributed by atoms with van der Waals surface area (Å²) < 4.78 is 32.7. The molecule has 0 radical (unpaired) electrons. The molecule has 0 bridgehead atoms. The van der Waals surface area contributed by atoms with E-state index in [2.05, 4.69) is 15.1 Å². The second-order valence-electron chi connectivity index (χ2n) is 6.35. The quantitative estimate of drug-likeness (QED) is 0.662. The maximum absolute atomic E-state index is 12.9. The van der Waals surface area contributed by atoms with Crippen LogP contribution in [-0.4, -0.2) is 40.9 Å². The third-order valence-corrected chi connectivity index (χ3v) is 6.70. The van der Waals surface area contributed by atoms with Gasteiger partial charge in [-0.3, -0.25) is 4.98 Å².